The molecule has 1 saturated heterocycles. The van der Waals surface area contributed by atoms with Crippen LogP contribution in [0.2, 0.25) is 6.04 Å². The predicted molar refractivity (Wildman–Crippen MR) is 43.4 cm³/mol. The number of hydrogen-bond acceptors (Lipinski definition) is 2. The maximum Gasteiger partial charge on any atom is 0.204 e. The molecular weight excluding hydrogens is 144 g/mol. The minimum Gasteiger partial charge on any atom is -0.417 e. The molecule has 0 bridgehead atoms. The van der Waals surface area contributed by atoms with Crippen LogP contribution in [0.4, 0.5) is 0 Å². The first-order valence-corrected chi connectivity index (χ1v) is 6.09. The highest BCUT2D eigenvalue weighted by Gasteiger charge is 2.22. The molecule has 3 heteroatoms. The monoisotopic (exact) mass is 160 g/mol. The summed E-state index contributed by atoms with van der Waals surface area (Å²) in [5.41, 5.74) is -0.0969. The largest absolute Gasteiger partial charge is 0.417 e. The van der Waals surface area contributed by atoms with Gasteiger partial charge in [0.2, 0.25) is 9.04 Å². The average molecular weight is 160 g/mol. The summed E-state index contributed by atoms with van der Waals surface area (Å²) < 4.78 is 5.52. The minimum atomic E-state index is -1.16. The zero-order valence-electron chi connectivity index (χ0n) is 6.55. The Hall–Kier alpha value is 0.137. The molecule has 0 aliphatic carbocycles. The molecule has 0 aromatic heterocycles. The molecule has 0 spiro atoms. The molecule has 2 nitrogen and oxygen atoms in total. The molecule has 2 unspecified atom stereocenters. The van der Waals surface area contributed by atoms with E-state index < -0.39 is 9.04 Å². The first-order chi connectivity index (χ1) is 4.84. The van der Waals surface area contributed by atoms with Crippen molar-refractivity contribution in [2.24, 2.45) is 0 Å². The van der Waals surface area contributed by atoms with Crippen LogP contribution in [-0.4, -0.2) is 26.5 Å². The van der Waals surface area contributed by atoms with Gasteiger partial charge in [-0.1, -0.05) is 13.3 Å². The van der Waals surface area contributed by atoms with Gasteiger partial charge in [0, 0.05) is 6.61 Å². The molecule has 0 saturated carbocycles. The third-order valence-corrected chi connectivity index (χ3v) is 5.03. The molecule has 1 heterocycles. The molecule has 1 N–H and O–H groups in total. The van der Waals surface area contributed by atoms with Crippen LogP contribution in [0.5, 0.6) is 0 Å². The molecule has 2 atom stereocenters. The summed E-state index contributed by atoms with van der Waals surface area (Å²) >= 11 is 0. The SMILES string of the molecule is CCC(O)[SiH]1CCCCO1. The number of aliphatic hydroxyl groups excluding tert-OH is 1. The molecule has 1 rings (SSSR count). The average Bonchev–Trinajstić information content (AvgIpc) is 2.05. The Balaban J connectivity index is 2.24. The Bertz CT molecular complexity index is 91.6. The van der Waals surface area contributed by atoms with Crippen molar-refractivity contribution in [1.82, 2.24) is 0 Å². The molecule has 0 radical (unpaired) electrons. The van der Waals surface area contributed by atoms with Crippen LogP contribution < -0.4 is 0 Å². The van der Waals surface area contributed by atoms with Gasteiger partial charge in [-0.05, 0) is 18.9 Å². The van der Waals surface area contributed by atoms with Crippen molar-refractivity contribution in [3.63, 3.8) is 0 Å². The first-order valence-electron chi connectivity index (χ1n) is 4.14. The van der Waals surface area contributed by atoms with E-state index >= 15 is 0 Å². The summed E-state index contributed by atoms with van der Waals surface area (Å²) in [7, 11) is -1.16. The highest BCUT2D eigenvalue weighted by atomic mass is 28.3. The smallest absolute Gasteiger partial charge is 0.204 e. The Morgan fingerprint density at radius 2 is 2.40 bits per heavy atom. The second-order valence-electron chi connectivity index (χ2n) is 2.88. The van der Waals surface area contributed by atoms with Crippen molar-refractivity contribution in [3.8, 4) is 0 Å². The van der Waals surface area contributed by atoms with Gasteiger partial charge in [0.15, 0.2) is 0 Å². The van der Waals surface area contributed by atoms with Crippen LogP contribution in [0.1, 0.15) is 26.2 Å². The van der Waals surface area contributed by atoms with E-state index in [-0.39, 0.29) is 5.73 Å². The van der Waals surface area contributed by atoms with Gasteiger partial charge < -0.3 is 9.53 Å². The molecule has 60 valence electrons. The van der Waals surface area contributed by atoms with Crippen molar-refractivity contribution in [3.05, 3.63) is 0 Å². The van der Waals surface area contributed by atoms with Crippen LogP contribution in [-0.2, 0) is 4.43 Å². The van der Waals surface area contributed by atoms with Gasteiger partial charge in [-0.2, -0.15) is 0 Å². The second kappa shape index (κ2) is 4.11. The molecule has 1 fully saturated rings. The zero-order valence-corrected chi connectivity index (χ0v) is 7.70. The second-order valence-corrected chi connectivity index (χ2v) is 5.64. The number of hydrogen-bond donors (Lipinski definition) is 1. The Morgan fingerprint density at radius 3 is 2.90 bits per heavy atom. The lowest BCUT2D eigenvalue weighted by molar-refractivity contribution is 0.188. The van der Waals surface area contributed by atoms with Crippen molar-refractivity contribution in [2.75, 3.05) is 6.61 Å². The van der Waals surface area contributed by atoms with E-state index in [2.05, 4.69) is 0 Å². The third-order valence-electron chi connectivity index (χ3n) is 2.06. The van der Waals surface area contributed by atoms with E-state index in [1.807, 2.05) is 6.92 Å². The molecule has 1 aliphatic heterocycles. The van der Waals surface area contributed by atoms with Gasteiger partial charge in [-0.3, -0.25) is 0 Å². The minimum absolute atomic E-state index is 0.0969. The van der Waals surface area contributed by atoms with Crippen LogP contribution in [0.25, 0.3) is 0 Å². The van der Waals surface area contributed by atoms with E-state index in [0.29, 0.717) is 0 Å². The standard InChI is InChI=1S/C7H16O2Si/c1-2-7(8)10-6-4-3-5-9-10/h7-8,10H,2-6H2,1H3. The van der Waals surface area contributed by atoms with Crippen molar-refractivity contribution in [1.29, 1.82) is 0 Å². The molecule has 0 aromatic carbocycles. The third kappa shape index (κ3) is 2.07. The highest BCUT2D eigenvalue weighted by molar-refractivity contribution is 6.53. The summed E-state index contributed by atoms with van der Waals surface area (Å²) in [6.07, 6.45) is 3.34. The zero-order chi connectivity index (χ0) is 7.40. The van der Waals surface area contributed by atoms with E-state index in [1.54, 1.807) is 0 Å². The topological polar surface area (TPSA) is 29.5 Å². The lowest BCUT2D eigenvalue weighted by Crippen LogP contribution is -2.36. The van der Waals surface area contributed by atoms with Gasteiger partial charge in [0.1, 0.15) is 0 Å². The molecule has 0 amide bonds. The molecular formula is C7H16O2Si. The quantitative estimate of drug-likeness (QED) is 0.606. The maximum absolute atomic E-state index is 9.42. The summed E-state index contributed by atoms with van der Waals surface area (Å²) in [5.74, 6) is 0. The highest BCUT2D eigenvalue weighted by Crippen LogP contribution is 2.14. The van der Waals surface area contributed by atoms with Crippen molar-refractivity contribution >= 4 is 9.04 Å². The maximum atomic E-state index is 9.42. The van der Waals surface area contributed by atoms with Crippen molar-refractivity contribution < 1.29 is 9.53 Å². The van der Waals surface area contributed by atoms with Crippen LogP contribution >= 0.6 is 0 Å². The summed E-state index contributed by atoms with van der Waals surface area (Å²) in [6.45, 7) is 2.92. The van der Waals surface area contributed by atoms with Crippen LogP contribution in [0.15, 0.2) is 0 Å². The number of rotatable bonds is 2. The molecule has 1 aliphatic rings. The fourth-order valence-corrected chi connectivity index (χ4v) is 3.79. The Kier molecular flexibility index (Phi) is 3.38. The molecule has 10 heavy (non-hydrogen) atoms. The lowest BCUT2D eigenvalue weighted by Gasteiger charge is -2.24. The predicted octanol–water partition coefficient (Wildman–Crippen LogP) is 0.831. The molecule has 0 aromatic rings. The van der Waals surface area contributed by atoms with Crippen LogP contribution in [0, 0.1) is 0 Å². The van der Waals surface area contributed by atoms with Crippen molar-refractivity contribution in [2.45, 2.75) is 38.0 Å². The van der Waals surface area contributed by atoms with E-state index in [9.17, 15) is 5.11 Å². The van der Waals surface area contributed by atoms with Gasteiger partial charge in [-0.25, -0.2) is 0 Å². The normalized spacial score (nSPS) is 30.0. The fraction of sp³-hybridized carbons (Fsp3) is 1.00. The summed E-state index contributed by atoms with van der Waals surface area (Å²) in [5, 5.41) is 9.42. The first kappa shape index (κ1) is 8.24. The Labute approximate surface area is 63.9 Å². The summed E-state index contributed by atoms with van der Waals surface area (Å²) in [4.78, 5) is 0. The van der Waals surface area contributed by atoms with E-state index in [0.717, 1.165) is 13.0 Å². The van der Waals surface area contributed by atoms with Crippen LogP contribution in [0.3, 0.4) is 0 Å². The number of aliphatic hydroxyl groups is 1. The van der Waals surface area contributed by atoms with Gasteiger partial charge in [-0.15, -0.1) is 0 Å². The van der Waals surface area contributed by atoms with Gasteiger partial charge in [0.05, 0.1) is 5.73 Å². The Morgan fingerprint density at radius 1 is 1.60 bits per heavy atom. The van der Waals surface area contributed by atoms with Gasteiger partial charge >= 0.3 is 0 Å². The fourth-order valence-electron chi connectivity index (χ4n) is 1.33. The van der Waals surface area contributed by atoms with E-state index in [1.165, 1.54) is 18.9 Å². The van der Waals surface area contributed by atoms with E-state index in [4.69, 9.17) is 4.43 Å². The lowest BCUT2D eigenvalue weighted by atomic mass is 10.4. The summed E-state index contributed by atoms with van der Waals surface area (Å²) in [6, 6.07) is 1.18. The van der Waals surface area contributed by atoms with Gasteiger partial charge in [0.25, 0.3) is 0 Å².